The van der Waals surface area contributed by atoms with Crippen molar-refractivity contribution in [3.8, 4) is 0 Å². The number of nitrogens with one attached hydrogen (secondary N) is 1. The molecule has 3 N–H and O–H groups in total. The molecule has 0 radical (unpaired) electrons. The zero-order valence-corrected chi connectivity index (χ0v) is 16.0. The summed E-state index contributed by atoms with van der Waals surface area (Å²) in [6, 6.07) is 7.78. The molecule has 8 nitrogen and oxygen atoms in total. The predicted molar refractivity (Wildman–Crippen MR) is 108 cm³/mol. The number of carbonyl (C=O) groups is 1. The van der Waals surface area contributed by atoms with Crippen LogP contribution in [0.5, 0.6) is 0 Å². The third kappa shape index (κ3) is 3.50. The van der Waals surface area contributed by atoms with Gasteiger partial charge in [-0.15, -0.1) is 11.3 Å². The van der Waals surface area contributed by atoms with Crippen LogP contribution < -0.4 is 16.0 Å². The third-order valence-electron chi connectivity index (χ3n) is 4.69. The lowest BCUT2D eigenvalue weighted by Gasteiger charge is -2.40. The maximum Gasteiger partial charge on any atom is 0.321 e. The predicted octanol–water partition coefficient (Wildman–Crippen LogP) is 2.72. The number of hydrogen-bond donors (Lipinski definition) is 2. The summed E-state index contributed by atoms with van der Waals surface area (Å²) in [6.07, 6.45) is 0. The second kappa shape index (κ2) is 6.99. The van der Waals surface area contributed by atoms with Crippen molar-refractivity contribution >= 4 is 45.2 Å². The fourth-order valence-electron chi connectivity index (χ4n) is 3.26. The molecule has 1 fully saturated rings. The Morgan fingerprint density at radius 3 is 2.78 bits per heavy atom. The van der Waals surface area contributed by atoms with Crippen molar-refractivity contribution < 1.29 is 4.79 Å². The van der Waals surface area contributed by atoms with Crippen LogP contribution in [0, 0.1) is 6.92 Å². The van der Waals surface area contributed by atoms with Crippen molar-refractivity contribution in [1.29, 1.82) is 0 Å². The summed E-state index contributed by atoms with van der Waals surface area (Å²) in [7, 11) is 0. The largest absolute Gasteiger partial charge is 0.368 e. The van der Waals surface area contributed by atoms with Crippen molar-refractivity contribution in [2.75, 3.05) is 35.6 Å². The number of nitrogens with two attached hydrogens (primary N) is 1. The number of amides is 2. The molecule has 0 aliphatic carbocycles. The van der Waals surface area contributed by atoms with Crippen LogP contribution in [0.2, 0.25) is 0 Å². The molecule has 1 aliphatic rings. The number of carbonyl (C=O) groups excluding carboxylic acids is 1. The molecule has 1 atom stereocenters. The second-order valence-corrected chi connectivity index (χ2v) is 7.53. The fourth-order valence-corrected chi connectivity index (χ4v) is 3.92. The molecule has 0 saturated carbocycles. The van der Waals surface area contributed by atoms with E-state index in [2.05, 4.69) is 32.1 Å². The molecule has 3 heterocycles. The summed E-state index contributed by atoms with van der Waals surface area (Å²) in [6.45, 7) is 5.93. The van der Waals surface area contributed by atoms with Gasteiger partial charge in [-0.25, -0.2) is 14.8 Å². The maximum atomic E-state index is 12.6. The van der Waals surface area contributed by atoms with Gasteiger partial charge in [0.15, 0.2) is 10.6 Å². The lowest BCUT2D eigenvalue weighted by Crippen LogP contribution is -2.55. The number of thiazole rings is 1. The molecule has 2 aromatic heterocycles. The maximum absolute atomic E-state index is 12.6. The van der Waals surface area contributed by atoms with E-state index in [1.165, 1.54) is 11.3 Å². The zero-order valence-electron chi connectivity index (χ0n) is 15.2. The molecular weight excluding hydrogens is 362 g/mol. The third-order valence-corrected chi connectivity index (χ3v) is 5.41. The number of anilines is 3. The van der Waals surface area contributed by atoms with Crippen LogP contribution in [0.25, 0.3) is 10.3 Å². The Bertz CT molecular complexity index is 972. The van der Waals surface area contributed by atoms with Crippen LogP contribution in [0.15, 0.2) is 29.8 Å². The first kappa shape index (κ1) is 17.5. The van der Waals surface area contributed by atoms with E-state index >= 15 is 0 Å². The van der Waals surface area contributed by atoms with E-state index in [1.807, 2.05) is 36.1 Å². The first-order valence-electron chi connectivity index (χ1n) is 8.77. The highest BCUT2D eigenvalue weighted by Gasteiger charge is 2.29. The fraction of sp³-hybridized carbons (Fsp3) is 0.333. The van der Waals surface area contributed by atoms with Gasteiger partial charge in [0, 0.05) is 31.4 Å². The number of aromatic nitrogens is 3. The van der Waals surface area contributed by atoms with Gasteiger partial charge in [-0.2, -0.15) is 4.98 Å². The number of urea groups is 1. The van der Waals surface area contributed by atoms with Crippen molar-refractivity contribution in [3.63, 3.8) is 0 Å². The van der Waals surface area contributed by atoms with Gasteiger partial charge in [0.1, 0.15) is 5.52 Å². The van der Waals surface area contributed by atoms with Crippen LogP contribution in [-0.4, -0.2) is 51.6 Å². The van der Waals surface area contributed by atoms with E-state index in [9.17, 15) is 4.79 Å². The molecule has 2 amide bonds. The van der Waals surface area contributed by atoms with Crippen LogP contribution in [0.1, 0.15) is 12.5 Å². The van der Waals surface area contributed by atoms with Crippen molar-refractivity contribution in [2.45, 2.75) is 19.9 Å². The Kier molecular flexibility index (Phi) is 4.53. The van der Waals surface area contributed by atoms with Crippen molar-refractivity contribution in [3.05, 3.63) is 35.3 Å². The van der Waals surface area contributed by atoms with Crippen molar-refractivity contribution in [1.82, 2.24) is 19.9 Å². The van der Waals surface area contributed by atoms with Crippen LogP contribution in [0.3, 0.4) is 0 Å². The van der Waals surface area contributed by atoms with Gasteiger partial charge < -0.3 is 20.9 Å². The van der Waals surface area contributed by atoms with Crippen LogP contribution in [0.4, 0.5) is 22.2 Å². The monoisotopic (exact) mass is 383 g/mol. The summed E-state index contributed by atoms with van der Waals surface area (Å²) in [5.74, 6) is 0.985. The number of piperazine rings is 1. The van der Waals surface area contributed by atoms with Gasteiger partial charge in [-0.3, -0.25) is 0 Å². The molecule has 0 spiro atoms. The number of nitrogen functional groups attached to an aromatic ring is 1. The van der Waals surface area contributed by atoms with E-state index in [0.29, 0.717) is 19.6 Å². The average molecular weight is 383 g/mol. The summed E-state index contributed by atoms with van der Waals surface area (Å²) in [4.78, 5) is 30.4. The molecule has 0 bridgehead atoms. The standard InChI is InChI=1S/C18H21N7OS/c1-11-3-5-13(6-4-11)21-18(26)24-7-8-25(12(2)9-24)15-14-16(27-10-20-14)23-17(19)22-15/h3-6,10,12H,7-9H2,1-2H3,(H,21,26)(H2,19,22,23). The molecule has 1 unspecified atom stereocenters. The lowest BCUT2D eigenvalue weighted by molar-refractivity contribution is 0.200. The number of aryl methyl sites for hydroxylation is 1. The molecule has 9 heteroatoms. The molecule has 27 heavy (non-hydrogen) atoms. The Labute approximate surface area is 161 Å². The molecule has 3 aromatic rings. The van der Waals surface area contributed by atoms with E-state index in [1.54, 1.807) is 5.51 Å². The summed E-state index contributed by atoms with van der Waals surface area (Å²) < 4.78 is 0. The summed E-state index contributed by atoms with van der Waals surface area (Å²) in [5.41, 5.74) is 10.3. The van der Waals surface area contributed by atoms with Gasteiger partial charge in [-0.05, 0) is 26.0 Å². The molecule has 1 aliphatic heterocycles. The van der Waals surface area contributed by atoms with Crippen LogP contribution >= 0.6 is 11.3 Å². The topological polar surface area (TPSA) is 100 Å². The smallest absolute Gasteiger partial charge is 0.321 e. The first-order chi connectivity index (χ1) is 13.0. The van der Waals surface area contributed by atoms with E-state index in [-0.39, 0.29) is 18.0 Å². The number of fused-ring (bicyclic) bond motifs is 1. The molecule has 140 valence electrons. The minimum atomic E-state index is -0.0913. The van der Waals surface area contributed by atoms with Gasteiger partial charge >= 0.3 is 6.03 Å². The van der Waals surface area contributed by atoms with Gasteiger partial charge in [-0.1, -0.05) is 17.7 Å². The van der Waals surface area contributed by atoms with Gasteiger partial charge in [0.05, 0.1) is 5.51 Å². The Morgan fingerprint density at radius 1 is 1.26 bits per heavy atom. The second-order valence-electron chi connectivity index (χ2n) is 6.70. The highest BCUT2D eigenvalue weighted by molar-refractivity contribution is 7.16. The number of hydrogen-bond acceptors (Lipinski definition) is 7. The van der Waals surface area contributed by atoms with E-state index in [0.717, 1.165) is 27.4 Å². The zero-order chi connectivity index (χ0) is 19.0. The minimum absolute atomic E-state index is 0.0849. The summed E-state index contributed by atoms with van der Waals surface area (Å²) >= 11 is 1.45. The number of benzene rings is 1. The molecular formula is C18H21N7OS. The van der Waals surface area contributed by atoms with E-state index < -0.39 is 0 Å². The van der Waals surface area contributed by atoms with Crippen LogP contribution in [-0.2, 0) is 0 Å². The highest BCUT2D eigenvalue weighted by Crippen LogP contribution is 2.28. The van der Waals surface area contributed by atoms with Gasteiger partial charge in [0.25, 0.3) is 0 Å². The van der Waals surface area contributed by atoms with Gasteiger partial charge in [0.2, 0.25) is 5.95 Å². The average Bonchev–Trinajstić information content (AvgIpc) is 3.11. The molecule has 1 saturated heterocycles. The number of nitrogens with zero attached hydrogens (tertiary/aromatic N) is 5. The minimum Gasteiger partial charge on any atom is -0.368 e. The number of rotatable bonds is 2. The highest BCUT2D eigenvalue weighted by atomic mass is 32.1. The Morgan fingerprint density at radius 2 is 2.04 bits per heavy atom. The Balaban J connectivity index is 1.48. The molecule has 1 aromatic carbocycles. The van der Waals surface area contributed by atoms with Crippen molar-refractivity contribution in [2.24, 2.45) is 0 Å². The lowest BCUT2D eigenvalue weighted by atomic mass is 10.2. The molecule has 4 rings (SSSR count). The Hall–Kier alpha value is -2.94. The normalized spacial score (nSPS) is 17.3. The SMILES string of the molecule is Cc1ccc(NC(=O)N2CCN(c3nc(N)nc4scnc34)C(C)C2)cc1. The quantitative estimate of drug-likeness (QED) is 0.706. The first-order valence-corrected chi connectivity index (χ1v) is 9.65. The van der Waals surface area contributed by atoms with E-state index in [4.69, 9.17) is 5.73 Å². The summed E-state index contributed by atoms with van der Waals surface area (Å²) in [5, 5.41) is 2.96.